The zero-order valence-corrected chi connectivity index (χ0v) is 21.2. The van der Waals surface area contributed by atoms with E-state index in [1.54, 1.807) is 6.07 Å². The van der Waals surface area contributed by atoms with Gasteiger partial charge in [-0.25, -0.2) is 0 Å². The minimum absolute atomic E-state index is 0.0666. The van der Waals surface area contributed by atoms with Gasteiger partial charge in [0.1, 0.15) is 18.1 Å². The Morgan fingerprint density at radius 2 is 2.03 bits per heavy atom. The molecule has 1 aromatic carbocycles. The molecule has 2 atom stereocenters. The molecular formula is C26H34F3N3O4. The second-order valence-electron chi connectivity index (χ2n) is 10.9. The van der Waals surface area contributed by atoms with E-state index < -0.39 is 17.6 Å². The average molecular weight is 510 g/mol. The molecular weight excluding hydrogens is 475 g/mol. The van der Waals surface area contributed by atoms with Crippen molar-refractivity contribution in [3.63, 3.8) is 0 Å². The molecule has 1 amide bonds. The van der Waals surface area contributed by atoms with Crippen LogP contribution in [0.3, 0.4) is 0 Å². The summed E-state index contributed by atoms with van der Waals surface area (Å²) < 4.78 is 59.5. The number of carbonyl (C=O) groups excluding carboxylic acids is 1. The highest BCUT2D eigenvalue weighted by molar-refractivity contribution is 5.97. The minimum atomic E-state index is -4.61. The lowest BCUT2D eigenvalue weighted by molar-refractivity contribution is -0.137. The first-order chi connectivity index (χ1) is 16.8. The molecule has 10 heteroatoms. The van der Waals surface area contributed by atoms with Crippen molar-refractivity contribution < 1.29 is 32.0 Å². The maximum atomic E-state index is 13.5. The second kappa shape index (κ2) is 10.0. The van der Waals surface area contributed by atoms with Crippen LogP contribution in [0.15, 0.2) is 33.8 Å². The number of nitrogens with one attached hydrogen (secondary N) is 1. The third-order valence-corrected chi connectivity index (χ3v) is 6.61. The Morgan fingerprint density at radius 3 is 2.64 bits per heavy atom. The van der Waals surface area contributed by atoms with Crippen LogP contribution in [0.5, 0.6) is 5.75 Å². The standard InChI is InChI=1S/C26H34F3N3O4/c1-24(2,3)21-14-22(32(36-21)15-18-7-5-12-34-18)31-23(33)19-13-17(26(27,28)29)8-9-20(19)35-16-25(4)10-6-11-30-25/h8-9,13-14,18,30H,5-7,10-12,15-16H2,1-4H3/t18-,25+/m1/s1. The van der Waals surface area contributed by atoms with E-state index in [2.05, 4.69) is 10.3 Å². The Hall–Kier alpha value is -2.59. The molecule has 2 fully saturated rings. The SMILES string of the molecule is CC(C)(C)c1cc(=NC(=O)c2cc(C(F)(F)F)ccc2OC[C@]2(C)CCCN2)n(C[C@H]2CCCO2)o1. The lowest BCUT2D eigenvalue weighted by Gasteiger charge is -2.25. The number of carbonyl (C=O) groups is 1. The number of aromatic nitrogens is 1. The van der Waals surface area contributed by atoms with Crippen molar-refractivity contribution in [2.75, 3.05) is 19.8 Å². The topological polar surface area (TPSA) is 78.0 Å². The minimum Gasteiger partial charge on any atom is -0.491 e. The summed E-state index contributed by atoms with van der Waals surface area (Å²) in [6.45, 7) is 9.95. The molecule has 0 radical (unpaired) electrons. The van der Waals surface area contributed by atoms with E-state index in [-0.39, 0.29) is 40.5 Å². The third-order valence-electron chi connectivity index (χ3n) is 6.61. The predicted molar refractivity (Wildman–Crippen MR) is 127 cm³/mol. The number of amides is 1. The fourth-order valence-electron chi connectivity index (χ4n) is 4.41. The molecule has 2 aliphatic rings. The Bertz CT molecular complexity index is 1150. The molecule has 2 aliphatic heterocycles. The first-order valence-electron chi connectivity index (χ1n) is 12.4. The van der Waals surface area contributed by atoms with E-state index in [1.807, 2.05) is 27.7 Å². The Kier molecular flexibility index (Phi) is 7.39. The summed E-state index contributed by atoms with van der Waals surface area (Å²) in [7, 11) is 0. The van der Waals surface area contributed by atoms with E-state index in [4.69, 9.17) is 14.0 Å². The van der Waals surface area contributed by atoms with Gasteiger partial charge in [0.05, 0.1) is 23.8 Å². The second-order valence-corrected chi connectivity index (χ2v) is 10.9. The lowest BCUT2D eigenvalue weighted by atomic mass is 9.94. The van der Waals surface area contributed by atoms with Gasteiger partial charge in [0.15, 0.2) is 5.49 Å². The highest BCUT2D eigenvalue weighted by Crippen LogP contribution is 2.33. The fourth-order valence-corrected chi connectivity index (χ4v) is 4.41. The van der Waals surface area contributed by atoms with E-state index in [0.717, 1.165) is 44.4 Å². The van der Waals surface area contributed by atoms with Gasteiger partial charge < -0.3 is 19.3 Å². The van der Waals surface area contributed by atoms with E-state index in [9.17, 15) is 18.0 Å². The van der Waals surface area contributed by atoms with Crippen LogP contribution in [0, 0.1) is 0 Å². The number of alkyl halides is 3. The van der Waals surface area contributed by atoms with Gasteiger partial charge in [0.25, 0.3) is 5.91 Å². The quantitative estimate of drug-likeness (QED) is 0.603. The van der Waals surface area contributed by atoms with Crippen LogP contribution in [-0.2, 0) is 22.9 Å². The summed E-state index contributed by atoms with van der Waals surface area (Å²) in [4.78, 5) is 17.5. The van der Waals surface area contributed by atoms with Gasteiger partial charge in [-0.3, -0.25) is 4.79 Å². The molecule has 7 nitrogen and oxygen atoms in total. The van der Waals surface area contributed by atoms with Gasteiger partial charge in [0.2, 0.25) is 0 Å². The van der Waals surface area contributed by atoms with Crippen molar-refractivity contribution >= 4 is 5.91 Å². The maximum absolute atomic E-state index is 13.5. The summed E-state index contributed by atoms with van der Waals surface area (Å²) in [5.74, 6) is -0.160. The van der Waals surface area contributed by atoms with Crippen LogP contribution in [0.4, 0.5) is 13.2 Å². The number of nitrogens with zero attached hydrogens (tertiary/aromatic N) is 2. The van der Waals surface area contributed by atoms with Crippen LogP contribution in [0.2, 0.25) is 0 Å². The largest absolute Gasteiger partial charge is 0.491 e. The molecule has 2 aromatic rings. The van der Waals surface area contributed by atoms with Gasteiger partial charge in [-0.1, -0.05) is 20.8 Å². The van der Waals surface area contributed by atoms with Gasteiger partial charge in [0, 0.05) is 23.6 Å². The number of rotatable bonds is 6. The van der Waals surface area contributed by atoms with Crippen LogP contribution in [0.1, 0.15) is 75.1 Å². The summed E-state index contributed by atoms with van der Waals surface area (Å²) in [6.07, 6.45) is -1.05. The van der Waals surface area contributed by atoms with Crippen molar-refractivity contribution in [1.29, 1.82) is 0 Å². The van der Waals surface area contributed by atoms with Crippen LogP contribution in [-0.4, -0.2) is 42.0 Å². The van der Waals surface area contributed by atoms with E-state index >= 15 is 0 Å². The number of benzene rings is 1. The predicted octanol–water partition coefficient (Wildman–Crippen LogP) is 4.84. The van der Waals surface area contributed by atoms with Gasteiger partial charge in [-0.2, -0.15) is 22.9 Å². The first kappa shape index (κ1) is 26.5. The summed E-state index contributed by atoms with van der Waals surface area (Å²) in [6, 6.07) is 4.58. The third kappa shape index (κ3) is 6.21. The summed E-state index contributed by atoms with van der Waals surface area (Å²) in [5.41, 5.74) is -1.62. The summed E-state index contributed by atoms with van der Waals surface area (Å²) >= 11 is 0. The molecule has 0 bridgehead atoms. The van der Waals surface area contributed by atoms with Gasteiger partial charge >= 0.3 is 6.18 Å². The van der Waals surface area contributed by atoms with Crippen LogP contribution >= 0.6 is 0 Å². The molecule has 1 aromatic heterocycles. The average Bonchev–Trinajstić information content (AvgIpc) is 3.54. The van der Waals surface area contributed by atoms with Crippen molar-refractivity contribution in [2.45, 2.75) is 83.2 Å². The first-order valence-corrected chi connectivity index (χ1v) is 12.4. The van der Waals surface area contributed by atoms with Crippen molar-refractivity contribution in [3.05, 3.63) is 46.6 Å². The van der Waals surface area contributed by atoms with E-state index in [1.165, 1.54) is 10.8 Å². The Labute approximate surface area is 208 Å². The van der Waals surface area contributed by atoms with Crippen molar-refractivity contribution in [2.24, 2.45) is 4.99 Å². The Morgan fingerprint density at radius 1 is 1.25 bits per heavy atom. The van der Waals surface area contributed by atoms with Crippen molar-refractivity contribution in [1.82, 2.24) is 10.1 Å². The molecule has 3 heterocycles. The molecule has 0 saturated carbocycles. The zero-order chi connectivity index (χ0) is 26.1. The Balaban J connectivity index is 1.71. The maximum Gasteiger partial charge on any atom is 0.416 e. The number of hydrogen-bond donors (Lipinski definition) is 1. The highest BCUT2D eigenvalue weighted by atomic mass is 19.4. The molecule has 0 unspecified atom stereocenters. The number of ether oxygens (including phenoxy) is 2. The molecule has 1 N–H and O–H groups in total. The number of halogens is 3. The van der Waals surface area contributed by atoms with Crippen molar-refractivity contribution in [3.8, 4) is 5.75 Å². The molecule has 4 rings (SSSR count). The smallest absolute Gasteiger partial charge is 0.416 e. The van der Waals surface area contributed by atoms with Crippen LogP contribution in [0.25, 0.3) is 0 Å². The zero-order valence-electron chi connectivity index (χ0n) is 21.2. The normalized spacial score (nSPS) is 23.4. The van der Waals surface area contributed by atoms with Crippen LogP contribution < -0.4 is 15.5 Å². The molecule has 198 valence electrons. The lowest BCUT2D eigenvalue weighted by Crippen LogP contribution is -2.42. The summed E-state index contributed by atoms with van der Waals surface area (Å²) in [5, 5.41) is 3.35. The highest BCUT2D eigenvalue weighted by Gasteiger charge is 2.33. The molecule has 2 saturated heterocycles. The van der Waals surface area contributed by atoms with Gasteiger partial charge in [-0.05, 0) is 57.4 Å². The molecule has 0 aliphatic carbocycles. The van der Waals surface area contributed by atoms with Gasteiger partial charge in [-0.15, -0.1) is 0 Å². The molecule has 36 heavy (non-hydrogen) atoms. The number of hydrogen-bond acceptors (Lipinski definition) is 5. The fraction of sp³-hybridized carbons (Fsp3) is 0.615. The van der Waals surface area contributed by atoms with E-state index in [0.29, 0.717) is 18.9 Å². The monoisotopic (exact) mass is 509 g/mol. The molecule has 0 spiro atoms.